The summed E-state index contributed by atoms with van der Waals surface area (Å²) in [6.45, 7) is 0. The van der Waals surface area contributed by atoms with Crippen molar-refractivity contribution >= 4 is 0 Å². The van der Waals surface area contributed by atoms with Crippen LogP contribution >= 0.6 is 0 Å². The first kappa shape index (κ1) is 68.0. The molecule has 0 aliphatic heterocycles. The second-order valence-corrected chi connectivity index (χ2v) is 12.0. The van der Waals surface area contributed by atoms with Gasteiger partial charge in [-0.05, 0) is 0 Å². The van der Waals surface area contributed by atoms with E-state index < -0.39 is 41.0 Å². The average Bonchev–Trinajstić information content (AvgIpc) is 4.05. The van der Waals surface area contributed by atoms with Crippen LogP contribution in [0.4, 0.5) is 0 Å². The molecule has 0 amide bonds. The minimum absolute atomic E-state index is 0. The number of halogens is 4. The van der Waals surface area contributed by atoms with Gasteiger partial charge in [0.05, 0.1) is 0 Å². The smallest absolute Gasteiger partial charge is 0.400 e. The van der Waals surface area contributed by atoms with Gasteiger partial charge < -0.3 is 50.1 Å². The maximum absolute atomic E-state index is 8.49. The summed E-state index contributed by atoms with van der Waals surface area (Å²) in [6.07, 6.45) is 27.6. The summed E-state index contributed by atoms with van der Waals surface area (Å²) in [4.78, 5) is 55.6. The van der Waals surface area contributed by atoms with Crippen LogP contribution in [0, 0.1) is 41.0 Å². The number of imidazole rings is 8. The molecule has 34 nitrogen and oxygen atoms in total. The van der Waals surface area contributed by atoms with Gasteiger partial charge in [-0.3, -0.25) is 0 Å². The van der Waals surface area contributed by atoms with Gasteiger partial charge in [0.25, 0.3) is 0 Å². The van der Waals surface area contributed by atoms with Crippen LogP contribution in [0.2, 0.25) is 0 Å². The maximum Gasteiger partial charge on any atom is 2.00 e. The number of rotatable bonds is 4. The van der Waals surface area contributed by atoms with Crippen molar-refractivity contribution < 1.29 is 165 Å². The molecule has 0 aromatic carbocycles. The zero-order chi connectivity index (χ0) is 49.2. The minimum Gasteiger partial charge on any atom is -0.400 e. The fourth-order valence-electron chi connectivity index (χ4n) is 3.16. The predicted molar refractivity (Wildman–Crippen MR) is 161 cm³/mol. The monoisotopic (exact) mass is 1200 g/mol. The van der Waals surface area contributed by atoms with Crippen LogP contribution in [0.1, 0.15) is 0 Å². The number of H-pyrrole nitrogens is 8. The van der Waals surface area contributed by atoms with E-state index >= 15 is 0 Å². The van der Waals surface area contributed by atoms with Gasteiger partial charge >= 0.3 is 39.0 Å². The van der Waals surface area contributed by atoms with E-state index in [0.717, 1.165) is 60.8 Å². The summed E-state index contributed by atoms with van der Waals surface area (Å²) >= 11 is 0. The summed E-state index contributed by atoms with van der Waals surface area (Å²) in [5.74, 6) is 6.15. The van der Waals surface area contributed by atoms with Crippen LogP contribution in [0.3, 0.4) is 0 Å². The zero-order valence-electron chi connectivity index (χ0n) is 32.4. The third-order valence-corrected chi connectivity index (χ3v) is 4.88. The zero-order valence-corrected chi connectivity index (χ0v) is 38.7. The molecule has 8 aromatic rings. The van der Waals surface area contributed by atoms with Crippen molar-refractivity contribution in [2.45, 2.75) is 0 Å². The standard InChI is InChI=1S/4C6H6N4.2CH4O.4ClHO4.2Rh/c4*1-2-8-5(7-1)6-9-3-4-10-6;2*1-2;4*2-1(3,4)5;;/h4*1-4H,(H,7,8)(H,9,10);2*2H,1H3;4*(H,2,3,4,5);;/q;;;;;;;;;;2*+2/p-4. The molecule has 0 aliphatic carbocycles. The van der Waals surface area contributed by atoms with E-state index in [4.69, 9.17) is 84.8 Å². The fourth-order valence-corrected chi connectivity index (χ4v) is 3.16. The molecular formula is C26H32Cl4N16O18Rh2. The summed E-state index contributed by atoms with van der Waals surface area (Å²) in [6, 6.07) is 0. The molecule has 0 atom stereocenters. The molecule has 10 N–H and O–H groups in total. The van der Waals surface area contributed by atoms with Gasteiger partial charge in [0.2, 0.25) is 0 Å². The molecule has 8 rings (SSSR count). The molecule has 66 heavy (non-hydrogen) atoms. The Hall–Kier alpha value is -4.63. The van der Waals surface area contributed by atoms with Gasteiger partial charge in [0, 0.05) is 113 Å². The van der Waals surface area contributed by atoms with Crippen LogP contribution in [0.25, 0.3) is 46.6 Å². The molecular weight excluding hydrogens is 1170 g/mol. The molecule has 8 aromatic heterocycles. The number of nitrogens with zero attached hydrogens (tertiary/aromatic N) is 8. The Morgan fingerprint density at radius 3 is 0.379 bits per heavy atom. The Balaban J connectivity index is -0.000000335. The molecule has 0 aliphatic rings. The van der Waals surface area contributed by atoms with Crippen LogP contribution < -0.4 is 74.5 Å². The van der Waals surface area contributed by atoms with Gasteiger partial charge in [-0.1, -0.05) is 0 Å². The van der Waals surface area contributed by atoms with Crippen molar-refractivity contribution in [1.29, 1.82) is 0 Å². The van der Waals surface area contributed by atoms with E-state index in [2.05, 4.69) is 79.7 Å². The van der Waals surface area contributed by atoms with Crippen LogP contribution in [-0.4, -0.2) is 104 Å². The molecule has 0 fully saturated rings. The van der Waals surface area contributed by atoms with Gasteiger partial charge in [0.15, 0.2) is 46.6 Å². The summed E-state index contributed by atoms with van der Waals surface area (Å²) in [7, 11) is -17.8. The Kier molecular flexibility index (Phi) is 38.6. The van der Waals surface area contributed by atoms with E-state index in [0.29, 0.717) is 0 Å². The number of aromatic nitrogens is 16. The van der Waals surface area contributed by atoms with E-state index in [9.17, 15) is 0 Å². The molecule has 0 spiro atoms. The van der Waals surface area contributed by atoms with Crippen molar-refractivity contribution in [3.63, 3.8) is 0 Å². The second-order valence-electron chi connectivity index (χ2n) is 9.01. The molecule has 0 bridgehead atoms. The number of aliphatic hydroxyl groups is 2. The first-order valence-corrected chi connectivity index (χ1v) is 20.1. The SMILES string of the molecule is CO.CO.[O-][Cl+3]([O-])([O-])[O-].[O-][Cl+3]([O-])([O-])[O-].[O-][Cl+3]([O-])([O-])[O-].[O-][Cl+3]([O-])([O-])[O-].[Rh+2].[Rh+2].c1c[nH]c(-c2ncc[nH]2)n1.c1c[nH]c(-c2ncc[nH]2)n1.c1c[nH]c(-c2ncc[nH]2)n1.c1c[nH]c(-c2ncc[nH]2)n1. The van der Waals surface area contributed by atoms with Crippen molar-refractivity contribution in [3.05, 3.63) is 99.1 Å². The van der Waals surface area contributed by atoms with E-state index in [-0.39, 0.29) is 39.0 Å². The van der Waals surface area contributed by atoms with Gasteiger partial charge in [-0.25, -0.2) is 114 Å². The Bertz CT molecular complexity index is 1650. The molecule has 8 heterocycles. The molecule has 370 valence electrons. The molecule has 40 heteroatoms. The van der Waals surface area contributed by atoms with Gasteiger partial charge in [-0.2, -0.15) is 0 Å². The summed E-state index contributed by atoms with van der Waals surface area (Å²) < 4.78 is 136. The molecule has 0 saturated heterocycles. The number of aromatic amines is 8. The third-order valence-electron chi connectivity index (χ3n) is 4.88. The van der Waals surface area contributed by atoms with E-state index in [1.54, 1.807) is 99.1 Å². The van der Waals surface area contributed by atoms with Gasteiger partial charge in [-0.15, -0.1) is 41.0 Å². The van der Waals surface area contributed by atoms with Crippen molar-refractivity contribution in [2.24, 2.45) is 0 Å². The van der Waals surface area contributed by atoms with Crippen molar-refractivity contribution in [2.75, 3.05) is 14.2 Å². The van der Waals surface area contributed by atoms with Crippen molar-refractivity contribution in [3.8, 4) is 46.6 Å². The Labute approximate surface area is 402 Å². The Morgan fingerprint density at radius 1 is 0.258 bits per heavy atom. The quantitative estimate of drug-likeness (QED) is 0.0732. The average molecular weight is 1200 g/mol. The van der Waals surface area contributed by atoms with Crippen molar-refractivity contribution in [1.82, 2.24) is 79.7 Å². The summed E-state index contributed by atoms with van der Waals surface area (Å²) in [5.41, 5.74) is 0. The molecule has 0 unspecified atom stereocenters. The van der Waals surface area contributed by atoms with Crippen LogP contribution in [-0.2, 0) is 39.0 Å². The van der Waals surface area contributed by atoms with E-state index in [1.807, 2.05) is 0 Å². The minimum atomic E-state index is -4.94. The normalized spacial score (nSPS) is 9.88. The number of hydrogen-bond donors (Lipinski definition) is 10. The van der Waals surface area contributed by atoms with Crippen LogP contribution in [0.15, 0.2) is 99.1 Å². The number of hydrogen-bond acceptors (Lipinski definition) is 26. The first-order valence-electron chi connectivity index (χ1n) is 15.2. The first-order chi connectivity index (χ1) is 29.9. The molecule has 2 radical (unpaired) electrons. The van der Waals surface area contributed by atoms with E-state index in [1.165, 1.54) is 0 Å². The largest absolute Gasteiger partial charge is 2.00 e. The Morgan fingerprint density at radius 2 is 0.333 bits per heavy atom. The fraction of sp³-hybridized carbons (Fsp3) is 0.0769. The topological polar surface area (TPSA) is 639 Å². The number of aliphatic hydroxyl groups excluding tert-OH is 2. The number of nitrogens with one attached hydrogen (secondary N) is 8. The van der Waals surface area contributed by atoms with Crippen LogP contribution in [0.5, 0.6) is 0 Å². The predicted octanol–water partition coefficient (Wildman–Crippen LogP) is -16.6. The third kappa shape index (κ3) is 44.6. The van der Waals surface area contributed by atoms with Gasteiger partial charge in [0.1, 0.15) is 0 Å². The second kappa shape index (κ2) is 37.5. The molecule has 0 saturated carbocycles. The summed E-state index contributed by atoms with van der Waals surface area (Å²) in [5, 5.41) is 14.0. The maximum atomic E-state index is 8.49.